The van der Waals surface area contributed by atoms with E-state index in [0.29, 0.717) is 26.9 Å². The lowest BCUT2D eigenvalue weighted by atomic mass is 10.1. The topological polar surface area (TPSA) is 79.9 Å². The average molecular weight is 393 g/mol. The molecular formula is C18H18Cl2N4O2. The summed E-state index contributed by atoms with van der Waals surface area (Å²) in [5.74, 6) is -0.356. The van der Waals surface area contributed by atoms with Gasteiger partial charge in [-0.15, -0.1) is 0 Å². The molecule has 1 aromatic carbocycles. The lowest BCUT2D eigenvalue weighted by molar-refractivity contribution is -0.152. The number of nitrogens with one attached hydrogen (secondary N) is 2. The third kappa shape index (κ3) is 4.08. The zero-order chi connectivity index (χ0) is 18.9. The van der Waals surface area contributed by atoms with Crippen LogP contribution in [0.15, 0.2) is 30.5 Å². The number of anilines is 1. The van der Waals surface area contributed by atoms with E-state index >= 15 is 0 Å². The van der Waals surface area contributed by atoms with Gasteiger partial charge in [0.05, 0.1) is 26.9 Å². The van der Waals surface area contributed by atoms with Crippen LogP contribution in [0.2, 0.25) is 10.0 Å². The van der Waals surface area contributed by atoms with Crippen molar-refractivity contribution in [3.8, 4) is 11.4 Å². The number of esters is 1. The Morgan fingerprint density at radius 2 is 2.04 bits per heavy atom. The molecule has 0 fully saturated rings. The van der Waals surface area contributed by atoms with Crippen LogP contribution in [-0.4, -0.2) is 33.3 Å². The number of aromatic nitrogens is 3. The largest absolute Gasteiger partial charge is 0.459 e. The summed E-state index contributed by atoms with van der Waals surface area (Å²) in [4.78, 5) is 16.6. The van der Waals surface area contributed by atoms with Gasteiger partial charge < -0.3 is 10.1 Å². The predicted octanol–water partition coefficient (Wildman–Crippen LogP) is 4.69. The van der Waals surface area contributed by atoms with E-state index in [1.165, 1.54) is 0 Å². The van der Waals surface area contributed by atoms with E-state index in [2.05, 4.69) is 20.5 Å². The number of hydrogen-bond donors (Lipinski definition) is 2. The first-order valence-electron chi connectivity index (χ1n) is 7.99. The number of halogens is 2. The molecule has 3 aromatic rings. The number of nitrogens with zero attached hydrogens (tertiary/aromatic N) is 2. The third-order valence-electron chi connectivity index (χ3n) is 3.49. The van der Waals surface area contributed by atoms with Gasteiger partial charge in [0.15, 0.2) is 0 Å². The molecule has 136 valence electrons. The van der Waals surface area contributed by atoms with E-state index in [9.17, 15) is 4.79 Å². The van der Waals surface area contributed by atoms with Gasteiger partial charge in [0.1, 0.15) is 12.1 Å². The standard InChI is InChI=1S/C18H18Cl2N4O2/c1-18(2,3)26-15(25)9-21-13-8-14(12-6-7-22-24-12)23-17-10(13)4-5-11(19)16(17)20/h4-8H,9H2,1-3H3,(H,21,23)(H,22,24). The minimum atomic E-state index is -0.545. The number of carbonyl (C=O) groups is 1. The van der Waals surface area contributed by atoms with Gasteiger partial charge >= 0.3 is 5.97 Å². The summed E-state index contributed by atoms with van der Waals surface area (Å²) in [5.41, 5.74) is 2.05. The molecule has 0 atom stereocenters. The van der Waals surface area contributed by atoms with Crippen LogP contribution in [-0.2, 0) is 9.53 Å². The van der Waals surface area contributed by atoms with Crippen LogP contribution in [0.1, 0.15) is 20.8 Å². The first-order chi connectivity index (χ1) is 12.2. The molecule has 0 unspecified atom stereocenters. The van der Waals surface area contributed by atoms with Crippen molar-refractivity contribution in [3.63, 3.8) is 0 Å². The Hall–Kier alpha value is -2.31. The molecule has 6 nitrogen and oxygen atoms in total. The lowest BCUT2D eigenvalue weighted by Gasteiger charge is -2.20. The highest BCUT2D eigenvalue weighted by molar-refractivity contribution is 6.45. The lowest BCUT2D eigenvalue weighted by Crippen LogP contribution is -2.28. The van der Waals surface area contributed by atoms with Gasteiger partial charge in [-0.1, -0.05) is 23.2 Å². The van der Waals surface area contributed by atoms with Gasteiger partial charge in [-0.2, -0.15) is 5.10 Å². The molecule has 0 amide bonds. The Kier molecular flexibility index (Phi) is 5.07. The number of rotatable bonds is 4. The summed E-state index contributed by atoms with van der Waals surface area (Å²) >= 11 is 12.5. The number of aromatic amines is 1. The smallest absolute Gasteiger partial charge is 0.325 e. The van der Waals surface area contributed by atoms with Crippen LogP contribution < -0.4 is 5.32 Å². The Morgan fingerprint density at radius 3 is 2.69 bits per heavy atom. The van der Waals surface area contributed by atoms with E-state index in [4.69, 9.17) is 27.9 Å². The highest BCUT2D eigenvalue weighted by Crippen LogP contribution is 2.35. The van der Waals surface area contributed by atoms with Crippen molar-refractivity contribution < 1.29 is 9.53 Å². The molecular weight excluding hydrogens is 375 g/mol. The molecule has 2 N–H and O–H groups in total. The van der Waals surface area contributed by atoms with Crippen LogP contribution in [0.5, 0.6) is 0 Å². The van der Waals surface area contributed by atoms with E-state index in [1.54, 1.807) is 18.3 Å². The number of H-pyrrole nitrogens is 1. The van der Waals surface area contributed by atoms with E-state index < -0.39 is 5.60 Å². The van der Waals surface area contributed by atoms with Gasteiger partial charge in [-0.25, -0.2) is 4.98 Å². The van der Waals surface area contributed by atoms with Crippen LogP contribution in [0.25, 0.3) is 22.3 Å². The summed E-state index contributed by atoms with van der Waals surface area (Å²) in [5, 5.41) is 11.4. The molecule has 0 spiro atoms. The Bertz CT molecular complexity index is 950. The van der Waals surface area contributed by atoms with Crippen molar-refractivity contribution in [2.45, 2.75) is 26.4 Å². The van der Waals surface area contributed by atoms with Gasteiger partial charge in [0.25, 0.3) is 0 Å². The molecule has 0 aliphatic heterocycles. The summed E-state index contributed by atoms with van der Waals surface area (Å²) in [6.07, 6.45) is 1.63. The zero-order valence-electron chi connectivity index (χ0n) is 14.6. The monoisotopic (exact) mass is 392 g/mol. The van der Waals surface area contributed by atoms with E-state index in [1.807, 2.05) is 32.9 Å². The maximum Gasteiger partial charge on any atom is 0.325 e. The fraction of sp³-hybridized carbons (Fsp3) is 0.278. The third-order valence-corrected chi connectivity index (χ3v) is 4.29. The number of fused-ring (bicyclic) bond motifs is 1. The summed E-state index contributed by atoms with van der Waals surface area (Å²) in [7, 11) is 0. The van der Waals surface area contributed by atoms with Crippen LogP contribution in [0.3, 0.4) is 0 Å². The molecule has 0 aliphatic carbocycles. The maximum absolute atomic E-state index is 12.0. The molecule has 0 saturated carbocycles. The Morgan fingerprint density at radius 1 is 1.27 bits per heavy atom. The second kappa shape index (κ2) is 7.13. The Balaban J connectivity index is 2.00. The molecule has 8 heteroatoms. The first kappa shape index (κ1) is 18.5. The quantitative estimate of drug-likeness (QED) is 0.629. The van der Waals surface area contributed by atoms with Gasteiger partial charge in [0, 0.05) is 17.3 Å². The van der Waals surface area contributed by atoms with Gasteiger partial charge in [-0.05, 0) is 45.0 Å². The van der Waals surface area contributed by atoms with Crippen LogP contribution >= 0.6 is 23.2 Å². The minimum Gasteiger partial charge on any atom is -0.459 e. The molecule has 0 aliphatic rings. The van der Waals surface area contributed by atoms with Gasteiger partial charge in [0.2, 0.25) is 0 Å². The number of pyridine rings is 1. The van der Waals surface area contributed by atoms with Crippen molar-refractivity contribution in [2.75, 3.05) is 11.9 Å². The van der Waals surface area contributed by atoms with Crippen LogP contribution in [0.4, 0.5) is 5.69 Å². The zero-order valence-corrected chi connectivity index (χ0v) is 16.1. The molecule has 2 heterocycles. The average Bonchev–Trinajstić information content (AvgIpc) is 3.09. The van der Waals surface area contributed by atoms with E-state index in [-0.39, 0.29) is 12.5 Å². The summed E-state index contributed by atoms with van der Waals surface area (Å²) in [6, 6.07) is 7.13. The first-order valence-corrected chi connectivity index (χ1v) is 8.74. The minimum absolute atomic E-state index is 0.0129. The molecule has 0 saturated heterocycles. The molecule has 26 heavy (non-hydrogen) atoms. The normalized spacial score (nSPS) is 11.6. The molecule has 0 bridgehead atoms. The molecule has 2 aromatic heterocycles. The van der Waals surface area contributed by atoms with Crippen molar-refractivity contribution in [1.82, 2.24) is 15.2 Å². The maximum atomic E-state index is 12.0. The highest BCUT2D eigenvalue weighted by atomic mass is 35.5. The number of ether oxygens (including phenoxy) is 1. The van der Waals surface area contributed by atoms with Crippen molar-refractivity contribution in [3.05, 3.63) is 40.5 Å². The van der Waals surface area contributed by atoms with Crippen LogP contribution in [0, 0.1) is 0 Å². The fourth-order valence-electron chi connectivity index (χ4n) is 2.46. The molecule has 3 rings (SSSR count). The highest BCUT2D eigenvalue weighted by Gasteiger charge is 2.17. The number of carbonyl (C=O) groups excluding carboxylic acids is 1. The second-order valence-corrected chi connectivity index (χ2v) is 7.51. The predicted molar refractivity (Wildman–Crippen MR) is 104 cm³/mol. The Labute approximate surface area is 160 Å². The molecule has 0 radical (unpaired) electrons. The summed E-state index contributed by atoms with van der Waals surface area (Å²) in [6.45, 7) is 5.49. The number of benzene rings is 1. The SMILES string of the molecule is CC(C)(C)OC(=O)CNc1cc(-c2ccn[nH]2)nc2c(Cl)c(Cl)ccc12. The van der Waals surface area contributed by atoms with Crippen molar-refractivity contribution in [2.24, 2.45) is 0 Å². The van der Waals surface area contributed by atoms with Crippen molar-refractivity contribution in [1.29, 1.82) is 0 Å². The number of hydrogen-bond acceptors (Lipinski definition) is 5. The van der Waals surface area contributed by atoms with Gasteiger partial charge in [-0.3, -0.25) is 9.89 Å². The van der Waals surface area contributed by atoms with Crippen molar-refractivity contribution >= 4 is 45.8 Å². The van der Waals surface area contributed by atoms with E-state index in [0.717, 1.165) is 11.1 Å². The second-order valence-electron chi connectivity index (χ2n) is 6.72. The fourth-order valence-corrected chi connectivity index (χ4v) is 2.82. The summed E-state index contributed by atoms with van der Waals surface area (Å²) < 4.78 is 5.34.